The van der Waals surface area contributed by atoms with Gasteiger partial charge in [-0.25, -0.2) is 4.98 Å². The van der Waals surface area contributed by atoms with E-state index < -0.39 is 0 Å². The largest absolute Gasteiger partial charge is 0.493 e. The molecule has 1 aromatic heterocycles. The van der Waals surface area contributed by atoms with Crippen molar-refractivity contribution < 1.29 is 4.74 Å². The summed E-state index contributed by atoms with van der Waals surface area (Å²) in [6.07, 6.45) is 0.899. The second-order valence-electron chi connectivity index (χ2n) is 4.64. The Bertz CT molecular complexity index is 645. The molecule has 1 aromatic carbocycles. The van der Waals surface area contributed by atoms with Crippen molar-refractivity contribution in [3.05, 3.63) is 53.7 Å². The summed E-state index contributed by atoms with van der Waals surface area (Å²) in [5, 5.41) is 3.43. The molecule has 0 aliphatic carbocycles. The molecule has 0 fully saturated rings. The van der Waals surface area contributed by atoms with Crippen LogP contribution in [0.1, 0.15) is 23.7 Å². The standard InChI is InChI=1S/C15H15N3OS/c16-15(20)12-5-3-7-14(18-12)17-11-8-9-19-13-6-2-1-4-10(11)13/h1-7,11H,8-9H2,(H2,16,20)(H,17,18). The van der Waals surface area contributed by atoms with Crippen molar-refractivity contribution in [3.8, 4) is 5.75 Å². The molecule has 0 radical (unpaired) electrons. The SMILES string of the molecule is NC(=S)c1cccc(NC2CCOc3ccccc32)n1. The van der Waals surface area contributed by atoms with E-state index in [1.165, 1.54) is 0 Å². The number of hydrogen-bond donors (Lipinski definition) is 2. The van der Waals surface area contributed by atoms with Crippen molar-refractivity contribution in [2.24, 2.45) is 5.73 Å². The Morgan fingerprint density at radius 2 is 2.10 bits per heavy atom. The van der Waals surface area contributed by atoms with Crippen molar-refractivity contribution in [1.82, 2.24) is 4.98 Å². The first-order valence-corrected chi connectivity index (χ1v) is 6.90. The number of aromatic nitrogens is 1. The van der Waals surface area contributed by atoms with Gasteiger partial charge in [0.05, 0.1) is 18.3 Å². The minimum atomic E-state index is 0.189. The molecular formula is C15H15N3OS. The number of rotatable bonds is 3. The molecule has 0 spiro atoms. The Morgan fingerprint density at radius 1 is 1.25 bits per heavy atom. The van der Waals surface area contributed by atoms with Crippen molar-refractivity contribution in [2.75, 3.05) is 11.9 Å². The molecule has 5 heteroatoms. The third-order valence-corrected chi connectivity index (χ3v) is 3.49. The van der Waals surface area contributed by atoms with Gasteiger partial charge in [0, 0.05) is 12.0 Å². The van der Waals surface area contributed by atoms with Crippen LogP contribution in [0.25, 0.3) is 0 Å². The molecule has 1 aliphatic heterocycles. The van der Waals surface area contributed by atoms with Gasteiger partial charge in [-0.15, -0.1) is 0 Å². The number of nitrogens with one attached hydrogen (secondary N) is 1. The highest BCUT2D eigenvalue weighted by molar-refractivity contribution is 7.80. The monoisotopic (exact) mass is 285 g/mol. The first-order valence-electron chi connectivity index (χ1n) is 6.49. The second-order valence-corrected chi connectivity index (χ2v) is 5.08. The summed E-state index contributed by atoms with van der Waals surface area (Å²) < 4.78 is 5.65. The summed E-state index contributed by atoms with van der Waals surface area (Å²) >= 11 is 4.96. The minimum Gasteiger partial charge on any atom is -0.493 e. The van der Waals surface area contributed by atoms with Gasteiger partial charge in [-0.2, -0.15) is 0 Å². The van der Waals surface area contributed by atoms with E-state index in [1.54, 1.807) is 0 Å². The van der Waals surface area contributed by atoms with E-state index in [4.69, 9.17) is 22.7 Å². The van der Waals surface area contributed by atoms with Gasteiger partial charge in [0.25, 0.3) is 0 Å². The van der Waals surface area contributed by atoms with Gasteiger partial charge in [-0.1, -0.05) is 36.5 Å². The zero-order valence-corrected chi connectivity index (χ0v) is 11.7. The number of nitrogens with zero attached hydrogens (tertiary/aromatic N) is 1. The summed E-state index contributed by atoms with van der Waals surface area (Å²) in [5.74, 6) is 1.71. The van der Waals surface area contributed by atoms with Crippen LogP contribution in [-0.4, -0.2) is 16.6 Å². The van der Waals surface area contributed by atoms with Gasteiger partial charge in [-0.05, 0) is 18.2 Å². The van der Waals surface area contributed by atoms with Crippen LogP contribution in [0.5, 0.6) is 5.75 Å². The van der Waals surface area contributed by atoms with Crippen molar-refractivity contribution in [1.29, 1.82) is 0 Å². The quantitative estimate of drug-likeness (QED) is 0.849. The third-order valence-electron chi connectivity index (χ3n) is 3.28. The zero-order valence-electron chi connectivity index (χ0n) is 10.9. The molecule has 0 amide bonds. The molecule has 2 aromatic rings. The molecule has 3 rings (SSSR count). The van der Waals surface area contributed by atoms with Crippen LogP contribution in [0.15, 0.2) is 42.5 Å². The fourth-order valence-corrected chi connectivity index (χ4v) is 2.44. The number of pyridine rings is 1. The molecule has 102 valence electrons. The maximum Gasteiger partial charge on any atom is 0.127 e. The lowest BCUT2D eigenvalue weighted by Gasteiger charge is -2.27. The highest BCUT2D eigenvalue weighted by atomic mass is 32.1. The van der Waals surface area contributed by atoms with Crippen LogP contribution in [-0.2, 0) is 0 Å². The first-order chi connectivity index (χ1) is 9.74. The number of hydrogen-bond acceptors (Lipinski definition) is 4. The number of ether oxygens (including phenoxy) is 1. The molecule has 1 unspecified atom stereocenters. The molecule has 20 heavy (non-hydrogen) atoms. The van der Waals surface area contributed by atoms with Crippen molar-refractivity contribution >= 4 is 23.0 Å². The van der Waals surface area contributed by atoms with E-state index in [-0.39, 0.29) is 6.04 Å². The Morgan fingerprint density at radius 3 is 2.95 bits per heavy atom. The van der Waals surface area contributed by atoms with Crippen LogP contribution >= 0.6 is 12.2 Å². The van der Waals surface area contributed by atoms with E-state index in [0.717, 1.165) is 23.6 Å². The Kier molecular flexibility index (Phi) is 3.52. The number of anilines is 1. The molecule has 1 atom stereocenters. The zero-order chi connectivity index (χ0) is 13.9. The predicted molar refractivity (Wildman–Crippen MR) is 83.0 cm³/mol. The molecular weight excluding hydrogens is 270 g/mol. The molecule has 0 saturated carbocycles. The number of para-hydroxylation sites is 1. The van der Waals surface area contributed by atoms with Crippen LogP contribution in [0.3, 0.4) is 0 Å². The lowest BCUT2D eigenvalue weighted by atomic mass is 10.0. The van der Waals surface area contributed by atoms with Crippen LogP contribution in [0, 0.1) is 0 Å². The maximum absolute atomic E-state index is 5.65. The van der Waals surface area contributed by atoms with Crippen LogP contribution < -0.4 is 15.8 Å². The van der Waals surface area contributed by atoms with Gasteiger partial charge in [0.15, 0.2) is 0 Å². The molecule has 0 bridgehead atoms. The van der Waals surface area contributed by atoms with E-state index >= 15 is 0 Å². The third kappa shape index (κ3) is 2.58. The highest BCUT2D eigenvalue weighted by Gasteiger charge is 2.21. The van der Waals surface area contributed by atoms with Gasteiger partial charge >= 0.3 is 0 Å². The first kappa shape index (κ1) is 12.9. The normalized spacial score (nSPS) is 16.9. The highest BCUT2D eigenvalue weighted by Crippen LogP contribution is 2.33. The topological polar surface area (TPSA) is 60.2 Å². The van der Waals surface area contributed by atoms with E-state index in [2.05, 4.69) is 16.4 Å². The van der Waals surface area contributed by atoms with Gasteiger partial charge in [0.1, 0.15) is 16.6 Å². The summed E-state index contributed by atoms with van der Waals surface area (Å²) in [6, 6.07) is 13.9. The molecule has 1 aliphatic rings. The summed E-state index contributed by atoms with van der Waals surface area (Å²) in [6.45, 7) is 0.698. The lowest BCUT2D eigenvalue weighted by molar-refractivity contribution is 0.274. The van der Waals surface area contributed by atoms with E-state index in [1.807, 2.05) is 36.4 Å². The van der Waals surface area contributed by atoms with E-state index in [0.29, 0.717) is 17.3 Å². The number of thiocarbonyl (C=S) groups is 1. The minimum absolute atomic E-state index is 0.189. The molecule has 0 saturated heterocycles. The van der Waals surface area contributed by atoms with Gasteiger partial charge < -0.3 is 15.8 Å². The number of nitrogens with two attached hydrogens (primary N) is 1. The van der Waals surface area contributed by atoms with Crippen molar-refractivity contribution in [2.45, 2.75) is 12.5 Å². The Labute approximate surface area is 123 Å². The number of fused-ring (bicyclic) bond motifs is 1. The fourth-order valence-electron chi connectivity index (χ4n) is 2.32. The maximum atomic E-state index is 5.65. The molecule has 3 N–H and O–H groups in total. The lowest BCUT2D eigenvalue weighted by Crippen LogP contribution is -2.21. The summed E-state index contributed by atoms with van der Waals surface area (Å²) in [5.41, 5.74) is 7.40. The Balaban J connectivity index is 1.85. The summed E-state index contributed by atoms with van der Waals surface area (Å²) in [7, 11) is 0. The summed E-state index contributed by atoms with van der Waals surface area (Å²) in [4.78, 5) is 4.73. The number of benzene rings is 1. The van der Waals surface area contributed by atoms with E-state index in [9.17, 15) is 0 Å². The molecule has 2 heterocycles. The van der Waals surface area contributed by atoms with Crippen molar-refractivity contribution in [3.63, 3.8) is 0 Å². The average Bonchev–Trinajstić information content (AvgIpc) is 2.48. The van der Waals surface area contributed by atoms with Gasteiger partial charge in [-0.3, -0.25) is 0 Å². The van der Waals surface area contributed by atoms with Gasteiger partial charge in [0.2, 0.25) is 0 Å². The second kappa shape index (κ2) is 5.46. The molecule has 4 nitrogen and oxygen atoms in total. The smallest absolute Gasteiger partial charge is 0.127 e. The van der Waals surface area contributed by atoms with Crippen LogP contribution in [0.2, 0.25) is 0 Å². The van der Waals surface area contributed by atoms with Crippen LogP contribution in [0.4, 0.5) is 5.82 Å². The fraction of sp³-hybridized carbons (Fsp3) is 0.200. The predicted octanol–water partition coefficient (Wildman–Crippen LogP) is 2.65. The average molecular weight is 285 g/mol. The Hall–Kier alpha value is -2.14.